The SMILES string of the molecule is COc1nc(N2CCC(C)(COC(N)=O)CC2)nc2c1c(I)nn2COCC[Si](C)(C)C. The maximum Gasteiger partial charge on any atom is 0.404 e. The Labute approximate surface area is 203 Å². The molecule has 1 saturated heterocycles. The molecule has 3 heterocycles. The first-order chi connectivity index (χ1) is 15.0. The smallest absolute Gasteiger partial charge is 0.404 e. The molecule has 0 atom stereocenters. The van der Waals surface area contributed by atoms with E-state index in [1.807, 2.05) is 0 Å². The first kappa shape index (κ1) is 25.0. The molecule has 1 aliphatic heterocycles. The number of amides is 1. The molecule has 32 heavy (non-hydrogen) atoms. The highest BCUT2D eigenvalue weighted by Crippen LogP contribution is 2.34. The van der Waals surface area contributed by atoms with Gasteiger partial charge in [-0.1, -0.05) is 26.6 Å². The molecule has 2 aromatic heterocycles. The number of nitrogens with zero attached hydrogens (tertiary/aromatic N) is 5. The van der Waals surface area contributed by atoms with Gasteiger partial charge in [-0.3, -0.25) is 0 Å². The van der Waals surface area contributed by atoms with Crippen LogP contribution >= 0.6 is 22.6 Å². The van der Waals surface area contributed by atoms with E-state index in [4.69, 9.17) is 24.9 Å². The van der Waals surface area contributed by atoms with E-state index in [1.165, 1.54) is 0 Å². The molecule has 0 unspecified atom stereocenters. The van der Waals surface area contributed by atoms with Crippen molar-refractivity contribution in [3.05, 3.63) is 3.70 Å². The summed E-state index contributed by atoms with van der Waals surface area (Å²) in [6.45, 7) is 11.9. The number of methoxy groups -OCH3 is 1. The average Bonchev–Trinajstić information content (AvgIpc) is 3.05. The van der Waals surface area contributed by atoms with Crippen LogP contribution in [0.5, 0.6) is 5.88 Å². The third-order valence-corrected chi connectivity index (χ3v) is 8.18. The monoisotopic (exact) mass is 576 g/mol. The number of primary amides is 1. The molecule has 0 saturated carbocycles. The number of hydrogen-bond acceptors (Lipinski definition) is 8. The Morgan fingerprint density at radius 3 is 2.53 bits per heavy atom. The Kier molecular flexibility index (Phi) is 7.86. The maximum absolute atomic E-state index is 11.0. The standard InChI is InChI=1S/C20H33IN6O4Si/c1-20(12-31-18(22)28)6-8-26(9-7-20)19-23-16-14(17(24-19)29-2)15(21)25-27(16)13-30-10-11-32(3,4)5/h6-13H2,1-5H3,(H2,22,28). The lowest BCUT2D eigenvalue weighted by Gasteiger charge is -2.38. The largest absolute Gasteiger partial charge is 0.480 e. The minimum Gasteiger partial charge on any atom is -0.480 e. The van der Waals surface area contributed by atoms with Crippen molar-refractivity contribution in [2.24, 2.45) is 11.1 Å². The Hall–Kier alpha value is -1.67. The van der Waals surface area contributed by atoms with Crippen LogP contribution in [0.3, 0.4) is 0 Å². The minimum atomic E-state index is -1.16. The lowest BCUT2D eigenvalue weighted by molar-refractivity contribution is 0.0806. The van der Waals surface area contributed by atoms with Crippen LogP contribution in [0.1, 0.15) is 19.8 Å². The van der Waals surface area contributed by atoms with Gasteiger partial charge in [-0.25, -0.2) is 9.48 Å². The maximum atomic E-state index is 11.0. The average molecular weight is 577 g/mol. The highest BCUT2D eigenvalue weighted by atomic mass is 127. The van der Waals surface area contributed by atoms with Gasteiger partial charge in [0.15, 0.2) is 5.65 Å². The van der Waals surface area contributed by atoms with Crippen LogP contribution in [0.25, 0.3) is 11.0 Å². The van der Waals surface area contributed by atoms with Gasteiger partial charge in [-0.05, 0) is 41.5 Å². The van der Waals surface area contributed by atoms with E-state index < -0.39 is 14.2 Å². The second-order valence-corrected chi connectivity index (χ2v) is 16.4. The van der Waals surface area contributed by atoms with Crippen molar-refractivity contribution in [3.63, 3.8) is 0 Å². The van der Waals surface area contributed by atoms with Crippen LogP contribution in [0, 0.1) is 9.12 Å². The summed E-state index contributed by atoms with van der Waals surface area (Å²) < 4.78 is 19.1. The Morgan fingerprint density at radius 1 is 1.25 bits per heavy atom. The van der Waals surface area contributed by atoms with E-state index in [0.717, 1.165) is 41.1 Å². The Morgan fingerprint density at radius 2 is 1.94 bits per heavy atom. The second kappa shape index (κ2) is 10.1. The van der Waals surface area contributed by atoms with E-state index in [0.29, 0.717) is 37.4 Å². The van der Waals surface area contributed by atoms with Gasteiger partial charge in [0.05, 0.1) is 13.7 Å². The quantitative estimate of drug-likeness (QED) is 0.274. The molecule has 10 nitrogen and oxygen atoms in total. The predicted octanol–water partition coefficient (Wildman–Crippen LogP) is 3.45. The summed E-state index contributed by atoms with van der Waals surface area (Å²) in [4.78, 5) is 22.6. The van der Waals surface area contributed by atoms with Crippen LogP contribution in [0.2, 0.25) is 25.7 Å². The van der Waals surface area contributed by atoms with E-state index >= 15 is 0 Å². The van der Waals surface area contributed by atoms with Crippen molar-refractivity contribution in [1.82, 2.24) is 19.7 Å². The third kappa shape index (κ3) is 6.22. The van der Waals surface area contributed by atoms with E-state index in [-0.39, 0.29) is 5.41 Å². The zero-order valence-corrected chi connectivity index (χ0v) is 22.6. The molecule has 0 aromatic carbocycles. The lowest BCUT2D eigenvalue weighted by Crippen LogP contribution is -2.42. The fourth-order valence-corrected chi connectivity index (χ4v) is 5.02. The lowest BCUT2D eigenvalue weighted by atomic mass is 9.81. The number of fused-ring (bicyclic) bond motifs is 1. The summed E-state index contributed by atoms with van der Waals surface area (Å²) in [7, 11) is 0.452. The van der Waals surface area contributed by atoms with Gasteiger partial charge >= 0.3 is 6.09 Å². The van der Waals surface area contributed by atoms with Crippen molar-refractivity contribution >= 4 is 53.7 Å². The normalized spacial score (nSPS) is 16.4. The van der Waals surface area contributed by atoms with Crippen LogP contribution in [-0.2, 0) is 16.2 Å². The Balaban J connectivity index is 1.77. The van der Waals surface area contributed by atoms with Crippen LogP contribution in [0.4, 0.5) is 10.7 Å². The van der Waals surface area contributed by atoms with Gasteiger partial charge in [0.1, 0.15) is 15.8 Å². The van der Waals surface area contributed by atoms with Gasteiger partial charge in [-0.2, -0.15) is 15.1 Å². The molecule has 0 bridgehead atoms. The molecule has 12 heteroatoms. The number of anilines is 1. The van der Waals surface area contributed by atoms with Gasteiger partial charge < -0.3 is 24.8 Å². The van der Waals surface area contributed by atoms with Crippen molar-refractivity contribution in [2.45, 2.75) is 52.2 Å². The molecular formula is C20H33IN6O4Si. The predicted molar refractivity (Wildman–Crippen MR) is 134 cm³/mol. The summed E-state index contributed by atoms with van der Waals surface area (Å²) in [6, 6.07) is 1.10. The number of piperidine rings is 1. The molecule has 0 radical (unpaired) electrons. The van der Waals surface area contributed by atoms with Crippen molar-refractivity contribution in [2.75, 3.05) is 38.3 Å². The number of carbonyl (C=O) groups is 1. The van der Waals surface area contributed by atoms with Gasteiger partial charge in [-0.15, -0.1) is 0 Å². The number of hydrogen-bond donors (Lipinski definition) is 1. The minimum absolute atomic E-state index is 0.110. The van der Waals surface area contributed by atoms with Crippen LogP contribution in [0.15, 0.2) is 0 Å². The van der Waals surface area contributed by atoms with Gasteiger partial charge in [0, 0.05) is 33.2 Å². The molecule has 2 aromatic rings. The second-order valence-electron chi connectivity index (χ2n) is 9.78. The number of rotatable bonds is 9. The molecule has 0 aliphatic carbocycles. The summed E-state index contributed by atoms with van der Waals surface area (Å²) in [5, 5.41) is 5.40. The summed E-state index contributed by atoms with van der Waals surface area (Å²) in [6.07, 6.45) is 0.934. The van der Waals surface area contributed by atoms with Crippen LogP contribution < -0.4 is 15.4 Å². The summed E-state index contributed by atoms with van der Waals surface area (Å²) in [5.41, 5.74) is 5.72. The van der Waals surface area contributed by atoms with Gasteiger partial charge in [0.25, 0.3) is 0 Å². The van der Waals surface area contributed by atoms with Gasteiger partial charge in [0.2, 0.25) is 11.8 Å². The molecule has 3 rings (SSSR count). The topological polar surface area (TPSA) is 118 Å². The van der Waals surface area contributed by atoms with E-state index in [2.05, 4.69) is 64.1 Å². The summed E-state index contributed by atoms with van der Waals surface area (Å²) in [5.74, 6) is 1.11. The molecule has 0 spiro atoms. The fourth-order valence-electron chi connectivity index (χ4n) is 3.53. The molecule has 1 amide bonds. The molecular weight excluding hydrogens is 543 g/mol. The number of ether oxygens (including phenoxy) is 3. The third-order valence-electron chi connectivity index (χ3n) is 5.72. The van der Waals surface area contributed by atoms with Crippen molar-refractivity contribution < 1.29 is 19.0 Å². The zero-order chi connectivity index (χ0) is 23.5. The number of halogens is 1. The first-order valence-electron chi connectivity index (χ1n) is 10.7. The zero-order valence-electron chi connectivity index (χ0n) is 19.5. The highest BCUT2D eigenvalue weighted by Gasteiger charge is 2.33. The van der Waals surface area contributed by atoms with E-state index in [1.54, 1.807) is 11.8 Å². The summed E-state index contributed by atoms with van der Waals surface area (Å²) >= 11 is 2.18. The first-order valence-corrected chi connectivity index (χ1v) is 15.5. The number of aromatic nitrogens is 4. The molecule has 1 fully saturated rings. The molecule has 178 valence electrons. The van der Waals surface area contributed by atoms with Crippen molar-refractivity contribution in [3.8, 4) is 5.88 Å². The van der Waals surface area contributed by atoms with E-state index in [9.17, 15) is 4.79 Å². The Bertz CT molecular complexity index is 956. The molecule has 1 aliphatic rings. The highest BCUT2D eigenvalue weighted by molar-refractivity contribution is 14.1. The van der Waals surface area contributed by atoms with Crippen LogP contribution in [-0.4, -0.2) is 67.3 Å². The fraction of sp³-hybridized carbons (Fsp3) is 0.700. The number of carbonyl (C=O) groups excluding carboxylic acids is 1. The molecule has 2 N–H and O–H groups in total. The van der Waals surface area contributed by atoms with Crippen molar-refractivity contribution in [1.29, 1.82) is 0 Å². The number of nitrogens with two attached hydrogens (primary N) is 1.